The molecule has 2 atom stereocenters. The van der Waals surface area contributed by atoms with Crippen LogP contribution in [0.3, 0.4) is 0 Å². The molecule has 2 N–H and O–H groups in total. The number of thioether (sulfide) groups is 1. The molecule has 1 aromatic heterocycles. The Morgan fingerprint density at radius 3 is 2.87 bits per heavy atom. The summed E-state index contributed by atoms with van der Waals surface area (Å²) in [5, 5.41) is 0.595. The van der Waals surface area contributed by atoms with Gasteiger partial charge in [0, 0.05) is 23.2 Å². The highest BCUT2D eigenvalue weighted by Gasteiger charge is 2.09. The summed E-state index contributed by atoms with van der Waals surface area (Å²) in [7, 11) is 0. The normalized spacial score (nSPS) is 14.9. The van der Waals surface area contributed by atoms with E-state index in [9.17, 15) is 4.39 Å². The lowest BCUT2D eigenvalue weighted by molar-refractivity contribution is 0.615. The lowest BCUT2D eigenvalue weighted by atomic mass is 10.1. The monoisotopic (exact) mass is 228 g/mol. The molecule has 0 aromatic carbocycles. The molecule has 0 saturated heterocycles. The van der Waals surface area contributed by atoms with Crippen molar-refractivity contribution in [1.82, 2.24) is 4.98 Å². The summed E-state index contributed by atoms with van der Waals surface area (Å²) in [6.07, 6.45) is 3.95. The van der Waals surface area contributed by atoms with Crippen LogP contribution >= 0.6 is 11.8 Å². The van der Waals surface area contributed by atoms with Gasteiger partial charge >= 0.3 is 0 Å². The third-order valence-electron chi connectivity index (χ3n) is 2.29. The quantitative estimate of drug-likeness (QED) is 0.842. The smallest absolute Gasteiger partial charge is 0.141 e. The van der Waals surface area contributed by atoms with E-state index in [0.717, 1.165) is 17.7 Å². The molecule has 15 heavy (non-hydrogen) atoms. The van der Waals surface area contributed by atoms with Crippen LogP contribution in [-0.4, -0.2) is 16.0 Å². The Labute approximate surface area is 94.5 Å². The minimum Gasteiger partial charge on any atom is -0.323 e. The Morgan fingerprint density at radius 2 is 2.27 bits per heavy atom. The highest BCUT2D eigenvalue weighted by Crippen LogP contribution is 2.20. The fourth-order valence-corrected chi connectivity index (χ4v) is 2.08. The summed E-state index contributed by atoms with van der Waals surface area (Å²) in [6.45, 7) is 4.31. The second-order valence-corrected chi connectivity index (χ2v) is 5.07. The maximum Gasteiger partial charge on any atom is 0.141 e. The van der Waals surface area contributed by atoms with Crippen molar-refractivity contribution < 1.29 is 4.39 Å². The minimum absolute atomic E-state index is 0.132. The molecule has 4 heteroatoms. The van der Waals surface area contributed by atoms with E-state index in [0.29, 0.717) is 5.25 Å². The molecule has 2 unspecified atom stereocenters. The van der Waals surface area contributed by atoms with E-state index < -0.39 is 0 Å². The summed E-state index contributed by atoms with van der Waals surface area (Å²) in [5.41, 5.74) is 6.71. The van der Waals surface area contributed by atoms with Crippen molar-refractivity contribution in [2.45, 2.75) is 31.6 Å². The molecule has 0 amide bonds. The predicted octanol–water partition coefficient (Wildman–Crippen LogP) is 2.75. The van der Waals surface area contributed by atoms with Gasteiger partial charge in [0.1, 0.15) is 5.82 Å². The third-order valence-corrected chi connectivity index (χ3v) is 3.74. The van der Waals surface area contributed by atoms with Gasteiger partial charge in [-0.2, -0.15) is 11.8 Å². The van der Waals surface area contributed by atoms with Gasteiger partial charge in [-0.1, -0.05) is 13.8 Å². The van der Waals surface area contributed by atoms with Gasteiger partial charge < -0.3 is 5.73 Å². The fourth-order valence-electron chi connectivity index (χ4n) is 1.11. The van der Waals surface area contributed by atoms with Crippen LogP contribution in [0, 0.1) is 5.82 Å². The van der Waals surface area contributed by atoms with Crippen LogP contribution in [0.25, 0.3) is 0 Å². The van der Waals surface area contributed by atoms with Crippen molar-refractivity contribution in [2.24, 2.45) is 5.73 Å². The van der Waals surface area contributed by atoms with Crippen molar-refractivity contribution >= 4 is 11.8 Å². The molecule has 1 rings (SSSR count). The molecule has 0 saturated carbocycles. The van der Waals surface area contributed by atoms with Crippen molar-refractivity contribution in [3.63, 3.8) is 0 Å². The van der Waals surface area contributed by atoms with Crippen molar-refractivity contribution in [1.29, 1.82) is 0 Å². The molecule has 0 fully saturated rings. The molecule has 2 nitrogen and oxygen atoms in total. The third kappa shape index (κ3) is 4.18. The largest absolute Gasteiger partial charge is 0.323 e. The Bertz CT molecular complexity index is 306. The lowest BCUT2D eigenvalue weighted by Gasteiger charge is -2.14. The second kappa shape index (κ2) is 6.08. The standard InChI is InChI=1S/C11H17FN2S/c1-3-8(2)15-7-11(13)9-4-10(12)6-14-5-9/h4-6,8,11H,3,7,13H2,1-2H3. The van der Waals surface area contributed by atoms with Crippen LogP contribution < -0.4 is 5.73 Å². The molecule has 84 valence electrons. The summed E-state index contributed by atoms with van der Waals surface area (Å²) >= 11 is 1.81. The Kier molecular flexibility index (Phi) is 5.05. The molecule has 1 heterocycles. The molecule has 0 aliphatic carbocycles. The number of pyridine rings is 1. The van der Waals surface area contributed by atoms with Gasteiger partial charge in [-0.05, 0) is 18.1 Å². The number of aromatic nitrogens is 1. The average Bonchev–Trinajstić information content (AvgIpc) is 2.25. The molecular formula is C11H17FN2S. The first-order chi connectivity index (χ1) is 7.13. The number of hydrogen-bond donors (Lipinski definition) is 1. The van der Waals surface area contributed by atoms with E-state index >= 15 is 0 Å². The zero-order valence-corrected chi connectivity index (χ0v) is 9.93. The van der Waals surface area contributed by atoms with Crippen LogP contribution in [0.1, 0.15) is 31.9 Å². The first-order valence-electron chi connectivity index (χ1n) is 5.11. The number of halogens is 1. The van der Waals surface area contributed by atoms with E-state index in [4.69, 9.17) is 5.73 Å². The lowest BCUT2D eigenvalue weighted by Crippen LogP contribution is -2.15. The number of rotatable bonds is 5. The summed E-state index contributed by atoms with van der Waals surface area (Å²) in [5.74, 6) is 0.483. The van der Waals surface area contributed by atoms with Gasteiger partial charge in [-0.15, -0.1) is 0 Å². The topological polar surface area (TPSA) is 38.9 Å². The molecule has 1 aromatic rings. The van der Waals surface area contributed by atoms with Crippen molar-refractivity contribution in [3.8, 4) is 0 Å². The van der Waals surface area contributed by atoms with Gasteiger partial charge in [0.15, 0.2) is 0 Å². The highest BCUT2D eigenvalue weighted by molar-refractivity contribution is 7.99. The predicted molar refractivity (Wildman–Crippen MR) is 63.3 cm³/mol. The zero-order valence-electron chi connectivity index (χ0n) is 9.11. The van der Waals surface area contributed by atoms with Crippen LogP contribution in [0.4, 0.5) is 4.39 Å². The highest BCUT2D eigenvalue weighted by atomic mass is 32.2. The second-order valence-electron chi connectivity index (χ2n) is 3.60. The molecule has 0 bridgehead atoms. The van der Waals surface area contributed by atoms with Gasteiger partial charge in [-0.3, -0.25) is 4.98 Å². The first kappa shape index (κ1) is 12.5. The Hall–Kier alpha value is -0.610. The molecular weight excluding hydrogens is 211 g/mol. The summed E-state index contributed by atoms with van der Waals surface area (Å²) < 4.78 is 12.9. The molecule has 0 aliphatic heterocycles. The summed E-state index contributed by atoms with van der Waals surface area (Å²) in [4.78, 5) is 3.79. The maximum absolute atomic E-state index is 12.9. The number of nitrogens with two attached hydrogens (primary N) is 1. The number of hydrogen-bond acceptors (Lipinski definition) is 3. The van der Waals surface area contributed by atoms with Gasteiger partial charge in [0.05, 0.1) is 6.20 Å². The SMILES string of the molecule is CCC(C)SCC(N)c1cncc(F)c1. The minimum atomic E-state index is -0.323. The molecule has 0 spiro atoms. The zero-order chi connectivity index (χ0) is 11.3. The Balaban J connectivity index is 2.50. The average molecular weight is 228 g/mol. The first-order valence-corrected chi connectivity index (χ1v) is 6.16. The summed E-state index contributed by atoms with van der Waals surface area (Å²) in [6, 6.07) is 1.32. The van der Waals surface area contributed by atoms with Crippen LogP contribution in [-0.2, 0) is 0 Å². The number of nitrogens with zero attached hydrogens (tertiary/aromatic N) is 1. The van der Waals surface area contributed by atoms with E-state index in [-0.39, 0.29) is 11.9 Å². The molecule has 0 radical (unpaired) electrons. The van der Waals surface area contributed by atoms with Crippen LogP contribution in [0.15, 0.2) is 18.5 Å². The van der Waals surface area contributed by atoms with E-state index in [1.165, 1.54) is 12.3 Å². The van der Waals surface area contributed by atoms with Gasteiger partial charge in [0.2, 0.25) is 0 Å². The molecule has 0 aliphatic rings. The maximum atomic E-state index is 12.9. The van der Waals surface area contributed by atoms with Crippen molar-refractivity contribution in [2.75, 3.05) is 5.75 Å². The fraction of sp³-hybridized carbons (Fsp3) is 0.545. The van der Waals surface area contributed by atoms with Crippen molar-refractivity contribution in [3.05, 3.63) is 29.8 Å². The van der Waals surface area contributed by atoms with Gasteiger partial charge in [0.25, 0.3) is 0 Å². The van der Waals surface area contributed by atoms with E-state index in [2.05, 4.69) is 18.8 Å². The van der Waals surface area contributed by atoms with Gasteiger partial charge in [-0.25, -0.2) is 4.39 Å². The van der Waals surface area contributed by atoms with E-state index in [1.54, 1.807) is 6.20 Å². The van der Waals surface area contributed by atoms with E-state index in [1.807, 2.05) is 11.8 Å². The van der Waals surface area contributed by atoms with Crippen LogP contribution in [0.5, 0.6) is 0 Å². The Morgan fingerprint density at radius 1 is 1.53 bits per heavy atom. The van der Waals surface area contributed by atoms with Crippen LogP contribution in [0.2, 0.25) is 0 Å².